The first-order valence-corrected chi connectivity index (χ1v) is 15.0. The molecule has 0 saturated heterocycles. The molecule has 4 rings (SSSR count). The Morgan fingerprint density at radius 3 is 2.47 bits per heavy atom. The van der Waals surface area contributed by atoms with Crippen LogP contribution >= 0.6 is 11.8 Å². The summed E-state index contributed by atoms with van der Waals surface area (Å²) in [6.45, 7) is 7.66. The molecule has 0 unspecified atom stereocenters. The second-order valence-electron chi connectivity index (χ2n) is 12.3. The van der Waals surface area contributed by atoms with Crippen molar-refractivity contribution >= 4 is 22.7 Å². The quantitative estimate of drug-likeness (QED) is 0.339. The molecule has 0 bridgehead atoms. The fourth-order valence-electron chi connectivity index (χ4n) is 8.67. The van der Waals surface area contributed by atoms with Gasteiger partial charge in [-0.25, -0.2) is 13.2 Å². The lowest BCUT2D eigenvalue weighted by molar-refractivity contribution is -0.201. The van der Waals surface area contributed by atoms with Gasteiger partial charge < -0.3 is 10.3 Å². The number of thioether (sulfide) groups is 1. The predicted octanol–water partition coefficient (Wildman–Crippen LogP) is 5.99. The molecular formula is C29H42F3NO4S. The predicted molar refractivity (Wildman–Crippen MR) is 142 cm³/mol. The maximum absolute atomic E-state index is 17.4. The Labute approximate surface area is 228 Å². The molecule has 5 nitrogen and oxygen atoms in total. The van der Waals surface area contributed by atoms with Gasteiger partial charge in [0.1, 0.15) is 12.2 Å². The van der Waals surface area contributed by atoms with Crippen LogP contribution in [0.25, 0.3) is 0 Å². The van der Waals surface area contributed by atoms with Gasteiger partial charge >= 0.3 is 0 Å². The van der Waals surface area contributed by atoms with E-state index in [4.69, 9.17) is 0 Å². The number of aliphatic hydroxyl groups excluding tert-OH is 1. The highest BCUT2D eigenvalue weighted by Gasteiger charge is 2.73. The van der Waals surface area contributed by atoms with Gasteiger partial charge in [0.2, 0.25) is 0 Å². The van der Waals surface area contributed by atoms with Crippen molar-refractivity contribution in [3.63, 3.8) is 0 Å². The summed E-state index contributed by atoms with van der Waals surface area (Å²) in [5.74, 6) is -2.86. The molecule has 0 aromatic carbocycles. The van der Waals surface area contributed by atoms with Gasteiger partial charge in [0.15, 0.2) is 16.6 Å². The van der Waals surface area contributed by atoms with E-state index >= 15 is 8.78 Å². The zero-order valence-electron chi connectivity index (χ0n) is 22.8. The van der Waals surface area contributed by atoms with E-state index in [2.05, 4.69) is 0 Å². The minimum absolute atomic E-state index is 0.0369. The Morgan fingerprint density at radius 1 is 1.21 bits per heavy atom. The average Bonchev–Trinajstić information content (AvgIpc) is 3.13. The lowest BCUT2D eigenvalue weighted by atomic mass is 9.45. The van der Waals surface area contributed by atoms with Crippen molar-refractivity contribution < 1.29 is 33.1 Å². The highest BCUT2D eigenvalue weighted by Crippen LogP contribution is 2.70. The number of fused-ring (bicyclic) bond motifs is 5. The Bertz CT molecular complexity index is 987. The fraction of sp³-hybridized carbons (Fsp3) is 0.793. The highest BCUT2D eigenvalue weighted by atomic mass is 32.2. The van der Waals surface area contributed by atoms with Crippen LogP contribution in [-0.4, -0.2) is 62.8 Å². The van der Waals surface area contributed by atoms with E-state index in [0.29, 0.717) is 18.2 Å². The molecule has 0 aliphatic heterocycles. The number of nitrogens with zero attached hydrogens (tertiary/aromatic N) is 1. The van der Waals surface area contributed by atoms with Gasteiger partial charge in [0.25, 0.3) is 0 Å². The zero-order chi connectivity index (χ0) is 28.0. The van der Waals surface area contributed by atoms with Gasteiger partial charge in [0, 0.05) is 29.8 Å². The molecule has 9 heteroatoms. The van der Waals surface area contributed by atoms with Gasteiger partial charge in [-0.3, -0.25) is 9.59 Å². The number of hydrogen-bond acceptors (Lipinski definition) is 6. The standard InChI is InChI=1S/C29H42F3NO4S/c1-5-7-18(8-6-2)33(37)15-17-11-20-21-13-23(31)22-12-19(34)9-10-28(22,4)29(21,32)24(35)14-27(20,3)25(17)26(36)38-16-30/h9-10,12,17-18,20-21,23-25,35,37H,5-8,11,13-16H2,1-4H3/t17-,20-,21-,23-,24-,25+,27-,28-,29-/m0/s1. The first kappa shape index (κ1) is 29.8. The summed E-state index contributed by atoms with van der Waals surface area (Å²) in [6, 6.07) is -0.978. The van der Waals surface area contributed by atoms with E-state index < -0.39 is 64.2 Å². The van der Waals surface area contributed by atoms with Crippen LogP contribution in [0.15, 0.2) is 23.8 Å². The molecule has 0 aromatic heterocycles. The second kappa shape index (κ2) is 11.0. The largest absolute Gasteiger partial charge is 0.390 e. The lowest BCUT2D eigenvalue weighted by Gasteiger charge is -2.62. The number of carbonyl (C=O) groups excluding carboxylic acids is 2. The SMILES string of the molecule is CCCC(CCC)N(O)C[C@@H]1C[C@H]2[C@@H]3C[C@H](F)C4=CC(=O)C=C[C@]4(C)[C@@]3(F)[C@@H](O)C[C@]2(C)[C@H]1C(=O)SCF. The molecule has 38 heavy (non-hydrogen) atoms. The van der Waals surface area contributed by atoms with Crippen molar-refractivity contribution in [2.24, 2.45) is 34.5 Å². The van der Waals surface area contributed by atoms with Crippen molar-refractivity contribution in [3.05, 3.63) is 23.8 Å². The van der Waals surface area contributed by atoms with E-state index in [1.54, 1.807) is 6.92 Å². The normalized spacial score (nSPS) is 42.2. The molecule has 3 saturated carbocycles. The lowest BCUT2D eigenvalue weighted by Crippen LogP contribution is -2.68. The number of allylic oxidation sites excluding steroid dienone is 4. The molecule has 0 spiro atoms. The van der Waals surface area contributed by atoms with E-state index in [-0.39, 0.29) is 36.1 Å². The number of aliphatic hydroxyl groups is 1. The topological polar surface area (TPSA) is 77.8 Å². The summed E-state index contributed by atoms with van der Waals surface area (Å²) in [5, 5.41) is 23.5. The summed E-state index contributed by atoms with van der Waals surface area (Å²) in [5.41, 5.74) is -4.55. The van der Waals surface area contributed by atoms with Gasteiger partial charge in [-0.2, -0.15) is 5.06 Å². The number of rotatable bonds is 9. The van der Waals surface area contributed by atoms with Crippen LogP contribution in [0.1, 0.15) is 72.6 Å². The third-order valence-corrected chi connectivity index (χ3v) is 11.0. The zero-order valence-corrected chi connectivity index (χ0v) is 23.7. The highest BCUT2D eigenvalue weighted by molar-refractivity contribution is 8.13. The molecule has 0 aromatic rings. The summed E-state index contributed by atoms with van der Waals surface area (Å²) in [7, 11) is 0. The number of halogens is 3. The van der Waals surface area contributed by atoms with Crippen molar-refractivity contribution in [2.75, 3.05) is 12.6 Å². The minimum atomic E-state index is -2.23. The molecule has 0 amide bonds. The molecule has 214 valence electrons. The third-order valence-electron chi connectivity index (χ3n) is 10.3. The van der Waals surface area contributed by atoms with Crippen LogP contribution in [0.3, 0.4) is 0 Å². The second-order valence-corrected chi connectivity index (χ2v) is 13.3. The van der Waals surface area contributed by atoms with Crippen LogP contribution in [0.2, 0.25) is 0 Å². The van der Waals surface area contributed by atoms with Crippen molar-refractivity contribution in [1.82, 2.24) is 5.06 Å². The third kappa shape index (κ3) is 4.53. The van der Waals surface area contributed by atoms with Gasteiger partial charge in [-0.15, -0.1) is 0 Å². The van der Waals surface area contributed by atoms with Crippen LogP contribution < -0.4 is 0 Å². The number of carbonyl (C=O) groups is 2. The van der Waals surface area contributed by atoms with Gasteiger partial charge in [0.05, 0.1) is 6.10 Å². The number of ketones is 1. The Hall–Kier alpha value is -1.16. The van der Waals surface area contributed by atoms with Crippen LogP contribution in [0.4, 0.5) is 13.2 Å². The van der Waals surface area contributed by atoms with E-state index in [0.717, 1.165) is 31.8 Å². The molecule has 9 atom stereocenters. The number of hydroxylamine groups is 2. The van der Waals surface area contributed by atoms with Gasteiger partial charge in [-0.05, 0) is 74.0 Å². The monoisotopic (exact) mass is 557 g/mol. The molecule has 0 heterocycles. The molecule has 3 fully saturated rings. The minimum Gasteiger partial charge on any atom is -0.390 e. The molecular weight excluding hydrogens is 515 g/mol. The maximum Gasteiger partial charge on any atom is 0.195 e. The Balaban J connectivity index is 1.74. The summed E-state index contributed by atoms with van der Waals surface area (Å²) < 4.78 is 46.5. The number of hydrogen-bond donors (Lipinski definition) is 2. The average molecular weight is 558 g/mol. The molecule has 0 radical (unpaired) electrons. The molecule has 4 aliphatic carbocycles. The smallest absolute Gasteiger partial charge is 0.195 e. The summed E-state index contributed by atoms with van der Waals surface area (Å²) in [6.07, 6.45) is 4.22. The van der Waals surface area contributed by atoms with Crippen molar-refractivity contribution in [3.8, 4) is 0 Å². The van der Waals surface area contributed by atoms with Crippen LogP contribution in [-0.2, 0) is 9.59 Å². The van der Waals surface area contributed by atoms with E-state index in [1.165, 1.54) is 17.2 Å². The molecule has 2 N–H and O–H groups in total. The summed E-state index contributed by atoms with van der Waals surface area (Å²) >= 11 is 0.578. The van der Waals surface area contributed by atoms with Crippen molar-refractivity contribution in [1.29, 1.82) is 0 Å². The van der Waals surface area contributed by atoms with Gasteiger partial charge in [-0.1, -0.05) is 51.5 Å². The van der Waals surface area contributed by atoms with E-state index in [9.17, 15) is 24.3 Å². The first-order valence-electron chi connectivity index (χ1n) is 14.0. The van der Waals surface area contributed by atoms with Crippen LogP contribution in [0, 0.1) is 34.5 Å². The summed E-state index contributed by atoms with van der Waals surface area (Å²) in [4.78, 5) is 25.4. The Morgan fingerprint density at radius 2 is 1.87 bits per heavy atom. The molecule has 4 aliphatic rings. The van der Waals surface area contributed by atoms with Crippen LogP contribution in [0.5, 0.6) is 0 Å². The first-order chi connectivity index (χ1) is 17.9. The van der Waals surface area contributed by atoms with E-state index in [1.807, 2.05) is 20.8 Å². The number of alkyl halides is 3. The Kier molecular flexibility index (Phi) is 8.64. The fourth-order valence-corrected chi connectivity index (χ4v) is 9.42. The maximum atomic E-state index is 17.4. The van der Waals surface area contributed by atoms with Crippen molar-refractivity contribution in [2.45, 2.75) is 96.6 Å².